The van der Waals surface area contributed by atoms with Crippen molar-refractivity contribution in [2.45, 2.75) is 51.5 Å². The Morgan fingerprint density at radius 2 is 1.86 bits per heavy atom. The highest BCUT2D eigenvalue weighted by Crippen LogP contribution is 2.24. The third kappa shape index (κ3) is 4.43. The monoisotopic (exact) mass is 296 g/mol. The molecule has 0 bridgehead atoms. The van der Waals surface area contributed by atoms with Gasteiger partial charge in [-0.3, -0.25) is 14.5 Å². The van der Waals surface area contributed by atoms with Gasteiger partial charge in [0.2, 0.25) is 5.91 Å². The summed E-state index contributed by atoms with van der Waals surface area (Å²) in [5, 5.41) is 9.20. The van der Waals surface area contributed by atoms with Crippen LogP contribution in [0.15, 0.2) is 0 Å². The molecule has 120 valence electrons. The van der Waals surface area contributed by atoms with Gasteiger partial charge >= 0.3 is 5.97 Å². The number of amides is 1. The number of nitrogens with zero attached hydrogens (tertiary/aromatic N) is 2. The zero-order chi connectivity index (χ0) is 15.4. The zero-order valence-electron chi connectivity index (χ0n) is 13.3. The van der Waals surface area contributed by atoms with E-state index in [2.05, 4.69) is 6.92 Å². The van der Waals surface area contributed by atoms with Crippen LogP contribution in [-0.2, 0) is 9.59 Å². The van der Waals surface area contributed by atoms with Crippen LogP contribution < -0.4 is 0 Å². The second-order valence-electron chi connectivity index (χ2n) is 6.87. The van der Waals surface area contributed by atoms with E-state index in [4.69, 9.17) is 0 Å². The summed E-state index contributed by atoms with van der Waals surface area (Å²) in [5.74, 6) is -0.589. The smallest absolute Gasteiger partial charge is 0.307 e. The summed E-state index contributed by atoms with van der Waals surface area (Å²) >= 11 is 0. The van der Waals surface area contributed by atoms with Crippen LogP contribution in [0, 0.1) is 11.8 Å². The van der Waals surface area contributed by atoms with Gasteiger partial charge in [0.15, 0.2) is 0 Å². The first-order chi connectivity index (χ1) is 9.97. The predicted octanol–water partition coefficient (Wildman–Crippen LogP) is 1.82. The third-order valence-electron chi connectivity index (χ3n) is 4.96. The maximum Gasteiger partial charge on any atom is 0.307 e. The molecular weight excluding hydrogens is 268 g/mol. The molecule has 21 heavy (non-hydrogen) atoms. The number of aliphatic carboxylic acids is 1. The van der Waals surface area contributed by atoms with Gasteiger partial charge in [-0.2, -0.15) is 0 Å². The predicted molar refractivity (Wildman–Crippen MR) is 81.0 cm³/mol. The number of rotatable bonds is 4. The van der Waals surface area contributed by atoms with E-state index >= 15 is 0 Å². The Kier molecular flexibility index (Phi) is 5.62. The fourth-order valence-corrected chi connectivity index (χ4v) is 3.74. The maximum atomic E-state index is 12.4. The average molecular weight is 296 g/mol. The Morgan fingerprint density at radius 1 is 1.19 bits per heavy atom. The molecule has 2 fully saturated rings. The van der Waals surface area contributed by atoms with E-state index in [9.17, 15) is 14.7 Å². The molecule has 1 aliphatic carbocycles. The van der Waals surface area contributed by atoms with E-state index < -0.39 is 5.97 Å². The summed E-state index contributed by atoms with van der Waals surface area (Å²) in [6.45, 7) is 3.76. The molecule has 0 aromatic rings. The molecule has 1 N–H and O–H groups in total. The van der Waals surface area contributed by atoms with Gasteiger partial charge in [-0.25, -0.2) is 0 Å². The van der Waals surface area contributed by atoms with Crippen LogP contribution >= 0.6 is 0 Å². The number of carboxylic acids is 1. The molecule has 2 unspecified atom stereocenters. The SMILES string of the molecule is CC1CC(C(=O)O)CN(CC(=O)N(C)C2CCCCC2)C1. The van der Waals surface area contributed by atoms with Crippen LogP contribution in [0.3, 0.4) is 0 Å². The third-order valence-corrected chi connectivity index (χ3v) is 4.96. The number of likely N-dealkylation sites (N-methyl/N-ethyl adjacent to an activating group) is 1. The Bertz CT molecular complexity index is 380. The fraction of sp³-hybridized carbons (Fsp3) is 0.875. The van der Waals surface area contributed by atoms with Crippen molar-refractivity contribution in [2.75, 3.05) is 26.7 Å². The summed E-state index contributed by atoms with van der Waals surface area (Å²) < 4.78 is 0. The lowest BCUT2D eigenvalue weighted by Gasteiger charge is -2.37. The second-order valence-corrected chi connectivity index (χ2v) is 6.87. The lowest BCUT2D eigenvalue weighted by Crippen LogP contribution is -2.49. The molecule has 0 aromatic heterocycles. The lowest BCUT2D eigenvalue weighted by molar-refractivity contribution is -0.146. The normalized spacial score (nSPS) is 28.3. The topological polar surface area (TPSA) is 60.9 Å². The van der Waals surface area contributed by atoms with E-state index in [0.717, 1.165) is 25.8 Å². The van der Waals surface area contributed by atoms with Crippen molar-refractivity contribution in [3.05, 3.63) is 0 Å². The first-order valence-corrected chi connectivity index (χ1v) is 8.18. The van der Waals surface area contributed by atoms with Gasteiger partial charge in [-0.15, -0.1) is 0 Å². The highest BCUT2D eigenvalue weighted by atomic mass is 16.4. The molecule has 0 aromatic carbocycles. The quantitative estimate of drug-likeness (QED) is 0.859. The molecule has 1 saturated carbocycles. The molecule has 0 spiro atoms. The lowest BCUT2D eigenvalue weighted by atomic mass is 9.90. The molecule has 2 atom stereocenters. The molecule has 2 rings (SSSR count). The number of piperidine rings is 1. The minimum atomic E-state index is -0.736. The summed E-state index contributed by atoms with van der Waals surface area (Å²) in [5.41, 5.74) is 0. The van der Waals surface area contributed by atoms with Gasteiger partial charge in [-0.05, 0) is 25.2 Å². The van der Waals surface area contributed by atoms with Crippen molar-refractivity contribution in [2.24, 2.45) is 11.8 Å². The zero-order valence-corrected chi connectivity index (χ0v) is 13.3. The van der Waals surface area contributed by atoms with Gasteiger partial charge in [0, 0.05) is 26.2 Å². The molecule has 1 saturated heterocycles. The fourth-order valence-electron chi connectivity index (χ4n) is 3.74. The van der Waals surface area contributed by atoms with Crippen molar-refractivity contribution in [1.29, 1.82) is 0 Å². The molecule has 1 amide bonds. The van der Waals surface area contributed by atoms with E-state index in [-0.39, 0.29) is 11.8 Å². The van der Waals surface area contributed by atoms with E-state index in [1.807, 2.05) is 16.8 Å². The van der Waals surface area contributed by atoms with Crippen LogP contribution in [-0.4, -0.2) is 59.5 Å². The minimum Gasteiger partial charge on any atom is -0.481 e. The van der Waals surface area contributed by atoms with Crippen LogP contribution in [0.5, 0.6) is 0 Å². The Labute approximate surface area is 127 Å². The second kappa shape index (κ2) is 7.25. The van der Waals surface area contributed by atoms with Crippen molar-refractivity contribution in [3.8, 4) is 0 Å². The molecular formula is C16H28N2O3. The van der Waals surface area contributed by atoms with E-state index in [0.29, 0.717) is 25.0 Å². The van der Waals surface area contributed by atoms with Crippen LogP contribution in [0.1, 0.15) is 45.4 Å². The van der Waals surface area contributed by atoms with E-state index in [1.54, 1.807) is 0 Å². The molecule has 2 aliphatic rings. The Balaban J connectivity index is 1.87. The number of carbonyl (C=O) groups is 2. The number of hydrogen-bond donors (Lipinski definition) is 1. The Morgan fingerprint density at radius 3 is 2.48 bits per heavy atom. The average Bonchev–Trinajstić information content (AvgIpc) is 2.46. The summed E-state index contributed by atoms with van der Waals surface area (Å²) in [6, 6.07) is 0.378. The van der Waals surface area contributed by atoms with Crippen molar-refractivity contribution < 1.29 is 14.7 Å². The van der Waals surface area contributed by atoms with Crippen molar-refractivity contribution in [3.63, 3.8) is 0 Å². The molecule has 1 heterocycles. The van der Waals surface area contributed by atoms with Crippen molar-refractivity contribution in [1.82, 2.24) is 9.80 Å². The highest BCUT2D eigenvalue weighted by Gasteiger charge is 2.31. The van der Waals surface area contributed by atoms with Crippen LogP contribution in [0.4, 0.5) is 0 Å². The first-order valence-electron chi connectivity index (χ1n) is 8.18. The molecule has 1 aliphatic heterocycles. The van der Waals surface area contributed by atoms with Gasteiger partial charge < -0.3 is 10.0 Å². The Hall–Kier alpha value is -1.10. The molecule has 5 nitrogen and oxygen atoms in total. The minimum absolute atomic E-state index is 0.139. The number of carbonyl (C=O) groups excluding carboxylic acids is 1. The van der Waals surface area contributed by atoms with Gasteiger partial charge in [-0.1, -0.05) is 26.2 Å². The number of carboxylic acid groups (broad SMARTS) is 1. The van der Waals surface area contributed by atoms with Gasteiger partial charge in [0.1, 0.15) is 0 Å². The van der Waals surface area contributed by atoms with Crippen molar-refractivity contribution >= 4 is 11.9 Å². The largest absolute Gasteiger partial charge is 0.481 e. The van der Waals surface area contributed by atoms with Gasteiger partial charge in [0.05, 0.1) is 12.5 Å². The van der Waals surface area contributed by atoms with Crippen LogP contribution in [0.25, 0.3) is 0 Å². The van der Waals surface area contributed by atoms with Gasteiger partial charge in [0.25, 0.3) is 0 Å². The van der Waals surface area contributed by atoms with Crippen LogP contribution in [0.2, 0.25) is 0 Å². The number of likely N-dealkylation sites (tertiary alicyclic amines) is 1. The maximum absolute atomic E-state index is 12.4. The number of hydrogen-bond acceptors (Lipinski definition) is 3. The summed E-state index contributed by atoms with van der Waals surface area (Å²) in [4.78, 5) is 27.5. The standard InChI is InChI=1S/C16H28N2O3/c1-12-8-13(16(20)21)10-18(9-12)11-15(19)17(2)14-6-4-3-5-7-14/h12-14H,3-11H2,1-2H3,(H,20,21). The van der Waals surface area contributed by atoms with E-state index in [1.165, 1.54) is 19.3 Å². The summed E-state index contributed by atoms with van der Waals surface area (Å²) in [7, 11) is 1.90. The first kappa shape index (κ1) is 16.3. The molecule has 5 heteroatoms. The molecule has 0 radical (unpaired) electrons. The summed E-state index contributed by atoms with van der Waals surface area (Å²) in [6.07, 6.45) is 6.64. The highest BCUT2D eigenvalue weighted by molar-refractivity contribution is 5.78.